The molecule has 3 amide bonds. The van der Waals surface area contributed by atoms with Gasteiger partial charge >= 0.3 is 5.97 Å². The highest BCUT2D eigenvalue weighted by Gasteiger charge is 2.38. The number of nitrogens with one attached hydrogen (secondary N) is 2. The molecule has 1 heterocycles. The second-order valence-electron chi connectivity index (χ2n) is 7.27. The van der Waals surface area contributed by atoms with E-state index in [9.17, 15) is 29.4 Å². The highest BCUT2D eigenvalue weighted by atomic mass is 16.4. The van der Waals surface area contributed by atoms with Crippen LogP contribution in [0.15, 0.2) is 0 Å². The Morgan fingerprint density at radius 3 is 2.11 bits per heavy atom. The first-order chi connectivity index (χ1) is 12.5. The van der Waals surface area contributed by atoms with Gasteiger partial charge in [-0.1, -0.05) is 13.8 Å². The number of amides is 3. The quantitative estimate of drug-likeness (QED) is 0.336. The zero-order valence-corrected chi connectivity index (χ0v) is 16.1. The van der Waals surface area contributed by atoms with E-state index in [1.165, 1.54) is 18.7 Å². The van der Waals surface area contributed by atoms with E-state index in [1.807, 2.05) is 0 Å². The van der Waals surface area contributed by atoms with Crippen LogP contribution in [0.5, 0.6) is 0 Å². The number of aliphatic hydroxyl groups is 1. The molecule has 27 heavy (non-hydrogen) atoms. The topological polar surface area (TPSA) is 162 Å². The lowest BCUT2D eigenvalue weighted by Crippen LogP contribution is -2.59. The predicted octanol–water partition coefficient (Wildman–Crippen LogP) is -1.58. The molecule has 5 unspecified atom stereocenters. The minimum absolute atomic E-state index is 0.364. The Labute approximate surface area is 158 Å². The van der Waals surface area contributed by atoms with Gasteiger partial charge in [0.15, 0.2) is 0 Å². The van der Waals surface area contributed by atoms with Crippen LogP contribution in [0.4, 0.5) is 0 Å². The Morgan fingerprint density at radius 2 is 1.67 bits per heavy atom. The average Bonchev–Trinajstić information content (AvgIpc) is 3.04. The van der Waals surface area contributed by atoms with Gasteiger partial charge in [0, 0.05) is 6.54 Å². The van der Waals surface area contributed by atoms with Gasteiger partial charge in [-0.15, -0.1) is 0 Å². The summed E-state index contributed by atoms with van der Waals surface area (Å²) in [7, 11) is 0. The Morgan fingerprint density at radius 1 is 1.07 bits per heavy atom. The number of hydrogen-bond donors (Lipinski definition) is 5. The average molecular weight is 386 g/mol. The van der Waals surface area contributed by atoms with Gasteiger partial charge < -0.3 is 31.5 Å². The molecular weight excluding hydrogens is 356 g/mol. The fraction of sp³-hybridized carbons (Fsp3) is 0.765. The molecule has 0 bridgehead atoms. The van der Waals surface area contributed by atoms with Crippen molar-refractivity contribution in [3.05, 3.63) is 0 Å². The third-order valence-electron chi connectivity index (χ3n) is 4.52. The van der Waals surface area contributed by atoms with Crippen LogP contribution in [0.1, 0.15) is 40.5 Å². The number of rotatable bonds is 8. The third-order valence-corrected chi connectivity index (χ3v) is 4.52. The number of nitrogens with two attached hydrogens (primary N) is 1. The molecule has 5 atom stereocenters. The Bertz CT molecular complexity index is 578. The van der Waals surface area contributed by atoms with Gasteiger partial charge in [-0.2, -0.15) is 0 Å². The normalized spacial score (nSPS) is 21.3. The molecule has 10 nitrogen and oxygen atoms in total. The number of carbonyl (C=O) groups is 4. The van der Waals surface area contributed by atoms with Gasteiger partial charge in [0.05, 0.1) is 12.1 Å². The first-order valence-corrected chi connectivity index (χ1v) is 9.05. The van der Waals surface area contributed by atoms with Crippen molar-refractivity contribution < 1.29 is 29.4 Å². The molecule has 0 saturated carbocycles. The van der Waals surface area contributed by atoms with Crippen LogP contribution in [-0.2, 0) is 19.2 Å². The maximum Gasteiger partial charge on any atom is 0.326 e. The zero-order valence-electron chi connectivity index (χ0n) is 16.1. The molecule has 1 fully saturated rings. The molecule has 1 aliphatic rings. The lowest BCUT2D eigenvalue weighted by molar-refractivity contribution is -0.145. The number of nitrogens with zero attached hydrogens (tertiary/aromatic N) is 1. The van der Waals surface area contributed by atoms with Gasteiger partial charge in [-0.25, -0.2) is 4.79 Å². The molecule has 6 N–H and O–H groups in total. The number of likely N-dealkylation sites (tertiary alicyclic amines) is 1. The first kappa shape index (κ1) is 22.8. The second kappa shape index (κ2) is 9.65. The Kier molecular flexibility index (Phi) is 8.17. The number of aliphatic carboxylic acids is 1. The molecule has 0 aromatic carbocycles. The van der Waals surface area contributed by atoms with Crippen LogP contribution >= 0.6 is 0 Å². The van der Waals surface area contributed by atoms with Crippen LogP contribution in [0.3, 0.4) is 0 Å². The molecule has 1 rings (SSSR count). The van der Waals surface area contributed by atoms with Crippen LogP contribution in [0.2, 0.25) is 0 Å². The summed E-state index contributed by atoms with van der Waals surface area (Å²) < 4.78 is 0. The number of aliphatic hydroxyl groups excluding tert-OH is 1. The molecule has 0 aliphatic carbocycles. The van der Waals surface area contributed by atoms with Gasteiger partial charge in [-0.05, 0) is 32.6 Å². The summed E-state index contributed by atoms with van der Waals surface area (Å²) in [6.45, 7) is 6.49. The summed E-state index contributed by atoms with van der Waals surface area (Å²) in [5, 5.41) is 23.9. The number of carboxylic acids is 1. The lowest BCUT2D eigenvalue weighted by Gasteiger charge is -2.29. The first-order valence-electron chi connectivity index (χ1n) is 9.05. The minimum atomic E-state index is -1.34. The third kappa shape index (κ3) is 5.90. The van der Waals surface area contributed by atoms with Crippen molar-refractivity contribution in [3.63, 3.8) is 0 Å². The van der Waals surface area contributed by atoms with Gasteiger partial charge in [0.2, 0.25) is 17.7 Å². The van der Waals surface area contributed by atoms with Crippen molar-refractivity contribution >= 4 is 23.7 Å². The summed E-state index contributed by atoms with van der Waals surface area (Å²) in [6, 6.07) is -4.03. The smallest absolute Gasteiger partial charge is 0.326 e. The predicted molar refractivity (Wildman–Crippen MR) is 96.4 cm³/mol. The lowest BCUT2D eigenvalue weighted by atomic mass is 10.0. The van der Waals surface area contributed by atoms with Crippen LogP contribution in [-0.4, -0.2) is 75.6 Å². The minimum Gasteiger partial charge on any atom is -0.480 e. The number of hydrogen-bond acceptors (Lipinski definition) is 6. The van der Waals surface area contributed by atoms with E-state index >= 15 is 0 Å². The van der Waals surface area contributed by atoms with E-state index in [4.69, 9.17) is 5.73 Å². The van der Waals surface area contributed by atoms with E-state index < -0.39 is 48.1 Å². The fourth-order valence-electron chi connectivity index (χ4n) is 2.98. The second-order valence-corrected chi connectivity index (χ2v) is 7.27. The molecule has 154 valence electrons. The van der Waals surface area contributed by atoms with Crippen molar-refractivity contribution in [2.75, 3.05) is 6.54 Å². The van der Waals surface area contributed by atoms with Crippen LogP contribution in [0, 0.1) is 5.92 Å². The van der Waals surface area contributed by atoms with E-state index in [0.717, 1.165) is 0 Å². The van der Waals surface area contributed by atoms with Gasteiger partial charge in [0.1, 0.15) is 18.1 Å². The number of carboxylic acid groups (broad SMARTS) is 1. The Balaban J connectivity index is 2.87. The highest BCUT2D eigenvalue weighted by molar-refractivity contribution is 5.94. The summed E-state index contributed by atoms with van der Waals surface area (Å²) in [6.07, 6.45) is -0.215. The van der Waals surface area contributed by atoms with E-state index in [1.54, 1.807) is 13.8 Å². The largest absolute Gasteiger partial charge is 0.480 e. The summed E-state index contributed by atoms with van der Waals surface area (Å²) in [5.41, 5.74) is 5.60. The van der Waals surface area contributed by atoms with Crippen molar-refractivity contribution in [1.29, 1.82) is 0 Å². The van der Waals surface area contributed by atoms with Gasteiger partial charge in [-0.3, -0.25) is 14.4 Å². The molecule has 0 aromatic heterocycles. The molecule has 0 radical (unpaired) electrons. The maximum atomic E-state index is 12.6. The molecule has 1 saturated heterocycles. The molecule has 1 aliphatic heterocycles. The van der Waals surface area contributed by atoms with E-state index in [0.29, 0.717) is 19.4 Å². The monoisotopic (exact) mass is 386 g/mol. The van der Waals surface area contributed by atoms with Crippen molar-refractivity contribution in [1.82, 2.24) is 15.5 Å². The van der Waals surface area contributed by atoms with Crippen molar-refractivity contribution in [3.8, 4) is 0 Å². The van der Waals surface area contributed by atoms with Crippen molar-refractivity contribution in [2.24, 2.45) is 11.7 Å². The molecular formula is C17H30N4O6. The van der Waals surface area contributed by atoms with Gasteiger partial charge in [0.25, 0.3) is 0 Å². The summed E-state index contributed by atoms with van der Waals surface area (Å²) in [5.74, 6) is -3.35. The van der Waals surface area contributed by atoms with E-state index in [-0.39, 0.29) is 11.8 Å². The van der Waals surface area contributed by atoms with Crippen LogP contribution in [0.25, 0.3) is 0 Å². The molecule has 0 aromatic rings. The molecule has 0 spiro atoms. The van der Waals surface area contributed by atoms with Crippen LogP contribution < -0.4 is 16.4 Å². The summed E-state index contributed by atoms with van der Waals surface area (Å²) >= 11 is 0. The standard InChI is InChI=1S/C17H30N4O6/c1-8(2)12(17(26)27)19-15(24)13(10(4)22)20-14(23)11-6-5-7-21(11)16(25)9(3)18/h8-13,22H,5-7,18H2,1-4H3,(H,19,24)(H,20,23)(H,26,27). The SMILES string of the molecule is CC(N)C(=O)N1CCCC1C(=O)NC(C(=O)NC(C(=O)O)C(C)C)C(C)O. The highest BCUT2D eigenvalue weighted by Crippen LogP contribution is 2.18. The van der Waals surface area contributed by atoms with Crippen molar-refractivity contribution in [2.45, 2.75) is 70.8 Å². The fourth-order valence-corrected chi connectivity index (χ4v) is 2.98. The molecule has 10 heteroatoms. The summed E-state index contributed by atoms with van der Waals surface area (Å²) in [4.78, 5) is 49.8. The maximum absolute atomic E-state index is 12.6. The number of carbonyl (C=O) groups excluding carboxylic acids is 3. The zero-order chi connectivity index (χ0) is 20.9. The Hall–Kier alpha value is -2.20. The van der Waals surface area contributed by atoms with E-state index in [2.05, 4.69) is 10.6 Å².